The van der Waals surface area contributed by atoms with Gasteiger partial charge in [-0.1, -0.05) is 11.8 Å². The lowest BCUT2D eigenvalue weighted by Crippen LogP contribution is -2.14. The third-order valence-electron chi connectivity index (χ3n) is 2.91. The second-order valence-corrected chi connectivity index (χ2v) is 5.44. The van der Waals surface area contributed by atoms with Crippen LogP contribution >= 0.6 is 11.3 Å². The van der Waals surface area contributed by atoms with Gasteiger partial charge in [0, 0.05) is 17.7 Å². The third-order valence-corrected chi connectivity index (χ3v) is 3.65. The molecule has 0 unspecified atom stereocenters. The van der Waals surface area contributed by atoms with Gasteiger partial charge in [0.25, 0.3) is 0 Å². The number of thiophene rings is 1. The van der Waals surface area contributed by atoms with Crippen molar-refractivity contribution < 1.29 is 9.90 Å². The fourth-order valence-corrected chi connectivity index (χ4v) is 2.54. The van der Waals surface area contributed by atoms with E-state index in [4.69, 9.17) is 5.11 Å². The van der Waals surface area contributed by atoms with Crippen LogP contribution in [-0.4, -0.2) is 17.6 Å². The number of amides is 1. The molecule has 2 aromatic rings. The zero-order valence-electron chi connectivity index (χ0n) is 11.8. The molecule has 1 heterocycles. The van der Waals surface area contributed by atoms with Crippen LogP contribution < -0.4 is 5.32 Å². The van der Waals surface area contributed by atoms with E-state index in [0.717, 1.165) is 22.4 Å². The third kappa shape index (κ3) is 4.75. The SMILES string of the molecule is Cc1cc(C#CCCO)ccc1NC(=O)Cc1ccsc1. The van der Waals surface area contributed by atoms with Gasteiger partial charge in [-0.15, -0.1) is 0 Å². The van der Waals surface area contributed by atoms with Crippen LogP contribution in [0, 0.1) is 18.8 Å². The minimum atomic E-state index is -0.0179. The fourth-order valence-electron chi connectivity index (χ4n) is 1.88. The number of aryl methyl sites for hydroxylation is 1. The first-order valence-corrected chi connectivity index (χ1v) is 7.64. The van der Waals surface area contributed by atoms with E-state index < -0.39 is 0 Å². The van der Waals surface area contributed by atoms with E-state index in [1.54, 1.807) is 11.3 Å². The van der Waals surface area contributed by atoms with Gasteiger partial charge in [0.05, 0.1) is 13.0 Å². The number of benzene rings is 1. The Morgan fingerprint density at radius 1 is 1.38 bits per heavy atom. The molecule has 0 atom stereocenters. The Morgan fingerprint density at radius 3 is 2.90 bits per heavy atom. The molecule has 108 valence electrons. The summed E-state index contributed by atoms with van der Waals surface area (Å²) in [4.78, 5) is 12.0. The highest BCUT2D eigenvalue weighted by atomic mass is 32.1. The number of carbonyl (C=O) groups is 1. The normalized spacial score (nSPS) is 9.81. The molecule has 1 aromatic heterocycles. The molecule has 1 amide bonds. The summed E-state index contributed by atoms with van der Waals surface area (Å²) < 4.78 is 0. The Hall–Kier alpha value is -2.09. The summed E-state index contributed by atoms with van der Waals surface area (Å²) in [5.41, 5.74) is 3.70. The van der Waals surface area contributed by atoms with E-state index in [2.05, 4.69) is 17.2 Å². The number of hydrogen-bond acceptors (Lipinski definition) is 3. The zero-order valence-corrected chi connectivity index (χ0v) is 12.7. The topological polar surface area (TPSA) is 49.3 Å². The van der Waals surface area contributed by atoms with Crippen LogP contribution in [0.15, 0.2) is 35.0 Å². The quantitative estimate of drug-likeness (QED) is 0.853. The number of anilines is 1. The van der Waals surface area contributed by atoms with Crippen molar-refractivity contribution in [3.8, 4) is 11.8 Å². The van der Waals surface area contributed by atoms with Crippen molar-refractivity contribution in [2.75, 3.05) is 11.9 Å². The van der Waals surface area contributed by atoms with Crippen LogP contribution in [0.3, 0.4) is 0 Å². The maximum absolute atomic E-state index is 12.0. The van der Waals surface area contributed by atoms with Crippen molar-refractivity contribution in [2.45, 2.75) is 19.8 Å². The highest BCUT2D eigenvalue weighted by Crippen LogP contribution is 2.17. The van der Waals surface area contributed by atoms with Gasteiger partial charge in [-0.3, -0.25) is 4.79 Å². The van der Waals surface area contributed by atoms with Gasteiger partial charge in [-0.2, -0.15) is 11.3 Å². The van der Waals surface area contributed by atoms with E-state index in [-0.39, 0.29) is 12.5 Å². The molecule has 0 radical (unpaired) electrons. The molecule has 0 aliphatic rings. The number of aliphatic hydroxyl groups is 1. The van der Waals surface area contributed by atoms with Crippen molar-refractivity contribution in [2.24, 2.45) is 0 Å². The molecule has 0 spiro atoms. The lowest BCUT2D eigenvalue weighted by Gasteiger charge is -2.08. The molecular formula is C17H17NO2S. The second-order valence-electron chi connectivity index (χ2n) is 4.66. The fraction of sp³-hybridized carbons (Fsp3) is 0.235. The van der Waals surface area contributed by atoms with Crippen LogP contribution in [0.25, 0.3) is 0 Å². The number of nitrogens with one attached hydrogen (secondary N) is 1. The first kappa shape index (κ1) is 15.3. The van der Waals surface area contributed by atoms with Crippen LogP contribution in [0.4, 0.5) is 5.69 Å². The lowest BCUT2D eigenvalue weighted by atomic mass is 10.1. The summed E-state index contributed by atoms with van der Waals surface area (Å²) in [7, 11) is 0. The van der Waals surface area contributed by atoms with E-state index in [1.165, 1.54) is 0 Å². The summed E-state index contributed by atoms with van der Waals surface area (Å²) >= 11 is 1.59. The van der Waals surface area contributed by atoms with Crippen molar-refractivity contribution in [3.63, 3.8) is 0 Å². The highest BCUT2D eigenvalue weighted by molar-refractivity contribution is 7.08. The molecule has 1 aromatic carbocycles. The molecule has 0 saturated heterocycles. The number of carbonyl (C=O) groups excluding carboxylic acids is 1. The molecule has 4 heteroatoms. The van der Waals surface area contributed by atoms with Crippen molar-refractivity contribution >= 4 is 22.9 Å². The Morgan fingerprint density at radius 2 is 2.24 bits per heavy atom. The van der Waals surface area contributed by atoms with Crippen LogP contribution in [0.2, 0.25) is 0 Å². The van der Waals surface area contributed by atoms with Gasteiger partial charge < -0.3 is 10.4 Å². The van der Waals surface area contributed by atoms with Crippen LogP contribution in [0.1, 0.15) is 23.1 Å². The molecule has 0 aliphatic heterocycles. The maximum atomic E-state index is 12.0. The molecule has 0 aliphatic carbocycles. The van der Waals surface area contributed by atoms with E-state index in [1.807, 2.05) is 41.9 Å². The van der Waals surface area contributed by atoms with E-state index in [9.17, 15) is 4.79 Å². The Bertz CT molecular complexity index is 666. The van der Waals surface area contributed by atoms with Gasteiger partial charge in [-0.05, 0) is 53.1 Å². The predicted octanol–water partition coefficient (Wildman–Crippen LogP) is 2.97. The summed E-state index contributed by atoms with van der Waals surface area (Å²) in [6.45, 7) is 2.01. The molecule has 2 rings (SSSR count). The smallest absolute Gasteiger partial charge is 0.228 e. The maximum Gasteiger partial charge on any atom is 0.228 e. The average molecular weight is 299 g/mol. The van der Waals surface area contributed by atoms with E-state index >= 15 is 0 Å². The summed E-state index contributed by atoms with van der Waals surface area (Å²) in [6.07, 6.45) is 0.860. The zero-order chi connectivity index (χ0) is 15.1. The highest BCUT2D eigenvalue weighted by Gasteiger charge is 2.06. The monoisotopic (exact) mass is 299 g/mol. The molecule has 0 saturated carbocycles. The first-order chi connectivity index (χ1) is 10.2. The molecule has 0 bridgehead atoms. The number of aliphatic hydroxyl groups excluding tert-OH is 1. The average Bonchev–Trinajstić information content (AvgIpc) is 2.95. The summed E-state index contributed by atoms with van der Waals surface area (Å²) in [5.74, 6) is 5.85. The van der Waals surface area contributed by atoms with Gasteiger partial charge in [0.2, 0.25) is 5.91 Å². The minimum Gasteiger partial charge on any atom is -0.395 e. The minimum absolute atomic E-state index is 0.0179. The standard InChI is InChI=1S/C17H17NO2S/c1-13-10-14(4-2-3-8-19)5-6-16(13)18-17(20)11-15-7-9-21-12-15/h5-7,9-10,12,19H,3,8,11H2,1H3,(H,18,20). The van der Waals surface area contributed by atoms with Crippen molar-refractivity contribution in [1.29, 1.82) is 0 Å². The van der Waals surface area contributed by atoms with E-state index in [0.29, 0.717) is 12.8 Å². The molecule has 0 fully saturated rings. The van der Waals surface area contributed by atoms with Crippen LogP contribution in [-0.2, 0) is 11.2 Å². The predicted molar refractivity (Wildman–Crippen MR) is 86.4 cm³/mol. The molecule has 3 nitrogen and oxygen atoms in total. The second kappa shape index (κ2) is 7.63. The molecule has 21 heavy (non-hydrogen) atoms. The van der Waals surface area contributed by atoms with Crippen LogP contribution in [0.5, 0.6) is 0 Å². The van der Waals surface area contributed by atoms with Gasteiger partial charge in [0.15, 0.2) is 0 Å². The first-order valence-electron chi connectivity index (χ1n) is 6.70. The Balaban J connectivity index is 2.01. The van der Waals surface area contributed by atoms with Gasteiger partial charge in [-0.25, -0.2) is 0 Å². The van der Waals surface area contributed by atoms with Crippen molar-refractivity contribution in [3.05, 3.63) is 51.7 Å². The lowest BCUT2D eigenvalue weighted by molar-refractivity contribution is -0.115. The van der Waals surface area contributed by atoms with Gasteiger partial charge >= 0.3 is 0 Å². The number of hydrogen-bond donors (Lipinski definition) is 2. The largest absolute Gasteiger partial charge is 0.395 e. The number of rotatable bonds is 4. The summed E-state index contributed by atoms with van der Waals surface area (Å²) in [6, 6.07) is 7.63. The molecule has 2 N–H and O–H groups in total. The summed E-state index contributed by atoms with van der Waals surface area (Å²) in [5, 5.41) is 15.6. The Labute approximate surface area is 128 Å². The van der Waals surface area contributed by atoms with Gasteiger partial charge in [0.1, 0.15) is 0 Å². The van der Waals surface area contributed by atoms with Crippen molar-refractivity contribution in [1.82, 2.24) is 0 Å². The molecular weight excluding hydrogens is 282 g/mol. The Kier molecular flexibility index (Phi) is 5.56.